The highest BCUT2D eigenvalue weighted by molar-refractivity contribution is 5.45. The van der Waals surface area contributed by atoms with Crippen LogP contribution in [0.4, 0.5) is 0 Å². The Hall–Kier alpha value is -4.85. The number of aromatic nitrogens is 3. The van der Waals surface area contributed by atoms with E-state index in [1.165, 1.54) is 0 Å². The SMILES string of the molecule is C=C(C)Cc1cc(OC)ccc1Oc1nc(Oc2ccccc2)nc(Oc2ccc(OC)cc2CC(=C)C)n1. The number of allylic oxidation sites excluding steroid dienone is 2. The largest absolute Gasteiger partial charge is 0.497 e. The molecule has 0 radical (unpaired) electrons. The molecule has 0 aliphatic heterocycles. The number of hydrogen-bond acceptors (Lipinski definition) is 8. The molecule has 8 nitrogen and oxygen atoms in total. The summed E-state index contributed by atoms with van der Waals surface area (Å²) in [6, 6.07) is 20.2. The molecule has 200 valence electrons. The molecule has 1 aromatic heterocycles. The Morgan fingerprint density at radius 1 is 0.590 bits per heavy atom. The van der Waals surface area contributed by atoms with Gasteiger partial charge in [0.25, 0.3) is 0 Å². The van der Waals surface area contributed by atoms with E-state index >= 15 is 0 Å². The Labute approximate surface area is 228 Å². The van der Waals surface area contributed by atoms with Crippen LogP contribution < -0.4 is 23.7 Å². The van der Waals surface area contributed by atoms with E-state index in [9.17, 15) is 0 Å². The first-order chi connectivity index (χ1) is 18.8. The molecule has 3 aromatic carbocycles. The maximum Gasteiger partial charge on any atom is 0.331 e. The number of rotatable bonds is 12. The average molecular weight is 526 g/mol. The van der Waals surface area contributed by atoms with Crippen molar-refractivity contribution in [1.82, 2.24) is 15.0 Å². The minimum Gasteiger partial charge on any atom is -0.497 e. The van der Waals surface area contributed by atoms with E-state index in [1.807, 2.05) is 44.2 Å². The van der Waals surface area contributed by atoms with Crippen LogP contribution in [0.1, 0.15) is 25.0 Å². The van der Waals surface area contributed by atoms with Gasteiger partial charge < -0.3 is 23.7 Å². The van der Waals surface area contributed by atoms with Crippen LogP contribution in [0.3, 0.4) is 0 Å². The second kappa shape index (κ2) is 12.6. The summed E-state index contributed by atoms with van der Waals surface area (Å²) >= 11 is 0. The zero-order chi connectivity index (χ0) is 27.8. The van der Waals surface area contributed by atoms with E-state index in [0.717, 1.165) is 22.3 Å². The third-order valence-corrected chi connectivity index (χ3v) is 5.45. The van der Waals surface area contributed by atoms with Crippen molar-refractivity contribution in [2.24, 2.45) is 0 Å². The van der Waals surface area contributed by atoms with E-state index in [0.29, 0.717) is 41.6 Å². The molecular formula is C31H31N3O5. The average Bonchev–Trinajstić information content (AvgIpc) is 2.90. The molecule has 0 unspecified atom stereocenters. The van der Waals surface area contributed by atoms with Gasteiger partial charge in [-0.2, -0.15) is 0 Å². The monoisotopic (exact) mass is 525 g/mol. The first kappa shape index (κ1) is 27.2. The first-order valence-corrected chi connectivity index (χ1v) is 12.3. The first-order valence-electron chi connectivity index (χ1n) is 12.3. The lowest BCUT2D eigenvalue weighted by Gasteiger charge is -2.14. The van der Waals surface area contributed by atoms with Crippen LogP contribution >= 0.6 is 0 Å². The Morgan fingerprint density at radius 2 is 1.03 bits per heavy atom. The topological polar surface area (TPSA) is 84.8 Å². The molecule has 0 saturated carbocycles. The molecule has 39 heavy (non-hydrogen) atoms. The van der Waals surface area contributed by atoms with Crippen LogP contribution in [0.25, 0.3) is 0 Å². The number of hydrogen-bond donors (Lipinski definition) is 0. The van der Waals surface area contributed by atoms with E-state index in [2.05, 4.69) is 28.1 Å². The number of para-hydroxylation sites is 1. The van der Waals surface area contributed by atoms with Gasteiger partial charge in [0.15, 0.2) is 0 Å². The van der Waals surface area contributed by atoms with Gasteiger partial charge in [-0.15, -0.1) is 15.0 Å². The molecule has 0 aliphatic carbocycles. The van der Waals surface area contributed by atoms with Crippen LogP contribution in [0.5, 0.6) is 46.8 Å². The van der Waals surface area contributed by atoms with Crippen molar-refractivity contribution < 1.29 is 23.7 Å². The molecule has 0 atom stereocenters. The molecule has 0 aliphatic rings. The zero-order valence-electron chi connectivity index (χ0n) is 22.6. The molecule has 4 rings (SSSR count). The number of methoxy groups -OCH3 is 2. The molecule has 0 spiro atoms. The minimum atomic E-state index is 0.00836. The van der Waals surface area contributed by atoms with Crippen molar-refractivity contribution in [3.8, 4) is 46.8 Å². The van der Waals surface area contributed by atoms with E-state index < -0.39 is 0 Å². The van der Waals surface area contributed by atoms with Crippen molar-refractivity contribution in [1.29, 1.82) is 0 Å². The lowest BCUT2D eigenvalue weighted by atomic mass is 10.1. The van der Waals surface area contributed by atoms with Gasteiger partial charge in [-0.05, 0) is 75.2 Å². The third kappa shape index (κ3) is 7.58. The lowest BCUT2D eigenvalue weighted by molar-refractivity contribution is 0.358. The normalized spacial score (nSPS) is 10.5. The van der Waals surface area contributed by atoms with Gasteiger partial charge in [-0.1, -0.05) is 42.5 Å². The highest BCUT2D eigenvalue weighted by atomic mass is 16.5. The van der Waals surface area contributed by atoms with E-state index in [-0.39, 0.29) is 18.0 Å². The third-order valence-electron chi connectivity index (χ3n) is 5.45. The minimum absolute atomic E-state index is 0.00836. The number of nitrogens with zero attached hydrogens (tertiary/aromatic N) is 3. The van der Waals surface area contributed by atoms with Crippen molar-refractivity contribution in [3.63, 3.8) is 0 Å². The molecule has 0 bridgehead atoms. The van der Waals surface area contributed by atoms with Crippen molar-refractivity contribution >= 4 is 0 Å². The summed E-state index contributed by atoms with van der Waals surface area (Å²) in [5.74, 6) is 3.07. The smallest absolute Gasteiger partial charge is 0.331 e. The fourth-order valence-electron chi connectivity index (χ4n) is 3.74. The van der Waals surface area contributed by atoms with E-state index in [4.69, 9.17) is 23.7 Å². The summed E-state index contributed by atoms with van der Waals surface area (Å²) in [5.41, 5.74) is 3.67. The summed E-state index contributed by atoms with van der Waals surface area (Å²) in [7, 11) is 3.23. The van der Waals surface area contributed by atoms with E-state index in [1.54, 1.807) is 50.6 Å². The molecule has 1 heterocycles. The Balaban J connectivity index is 1.73. The Morgan fingerprint density at radius 3 is 1.44 bits per heavy atom. The summed E-state index contributed by atoms with van der Waals surface area (Å²) in [6.45, 7) is 11.9. The van der Waals surface area contributed by atoms with Crippen LogP contribution in [0, 0.1) is 0 Å². The molecule has 0 saturated heterocycles. The summed E-state index contributed by atoms with van der Waals surface area (Å²) in [4.78, 5) is 13.2. The fourth-order valence-corrected chi connectivity index (χ4v) is 3.74. The second-order valence-corrected chi connectivity index (χ2v) is 9.02. The molecule has 0 fully saturated rings. The highest BCUT2D eigenvalue weighted by Crippen LogP contribution is 2.33. The highest BCUT2D eigenvalue weighted by Gasteiger charge is 2.17. The molecule has 8 heteroatoms. The lowest BCUT2D eigenvalue weighted by Crippen LogP contribution is -2.03. The van der Waals surface area contributed by atoms with Gasteiger partial charge in [0.1, 0.15) is 28.7 Å². The van der Waals surface area contributed by atoms with Crippen LogP contribution in [0.2, 0.25) is 0 Å². The summed E-state index contributed by atoms with van der Waals surface area (Å²) in [5, 5.41) is 0. The quantitative estimate of drug-likeness (QED) is 0.176. The Kier molecular flexibility index (Phi) is 8.78. The van der Waals surface area contributed by atoms with Crippen molar-refractivity contribution in [2.45, 2.75) is 26.7 Å². The van der Waals surface area contributed by atoms with Crippen LogP contribution in [-0.4, -0.2) is 29.2 Å². The predicted octanol–water partition coefficient (Wildman–Crippen LogP) is 7.50. The van der Waals surface area contributed by atoms with Gasteiger partial charge in [-0.25, -0.2) is 0 Å². The molecule has 0 amide bonds. The maximum absolute atomic E-state index is 6.14. The van der Waals surface area contributed by atoms with Gasteiger partial charge in [-0.3, -0.25) is 0 Å². The van der Waals surface area contributed by atoms with Crippen molar-refractivity contribution in [2.75, 3.05) is 14.2 Å². The number of benzene rings is 3. The van der Waals surface area contributed by atoms with Gasteiger partial charge >= 0.3 is 18.0 Å². The maximum atomic E-state index is 6.14. The fraction of sp³-hybridized carbons (Fsp3) is 0.194. The van der Waals surface area contributed by atoms with Crippen LogP contribution in [0.15, 0.2) is 91.0 Å². The second-order valence-electron chi connectivity index (χ2n) is 9.02. The van der Waals surface area contributed by atoms with Gasteiger partial charge in [0.05, 0.1) is 14.2 Å². The predicted molar refractivity (Wildman–Crippen MR) is 150 cm³/mol. The standard InChI is InChI=1S/C31H31N3O5/c1-20(2)16-22-18-25(35-5)12-14-27(22)38-30-32-29(37-24-10-8-7-9-11-24)33-31(34-30)39-28-15-13-26(36-6)19-23(28)17-21(3)4/h7-15,18-19H,1,3,16-17H2,2,4-6H3. The van der Waals surface area contributed by atoms with Gasteiger partial charge in [0.2, 0.25) is 0 Å². The van der Waals surface area contributed by atoms with Crippen molar-refractivity contribution in [3.05, 3.63) is 102 Å². The van der Waals surface area contributed by atoms with Crippen LogP contribution in [-0.2, 0) is 12.8 Å². The zero-order valence-corrected chi connectivity index (χ0v) is 22.6. The summed E-state index contributed by atoms with van der Waals surface area (Å²) < 4.78 is 29.0. The summed E-state index contributed by atoms with van der Waals surface area (Å²) in [6.07, 6.45) is 1.18. The molecule has 0 N–H and O–H groups in total. The molecular weight excluding hydrogens is 494 g/mol. The van der Waals surface area contributed by atoms with Gasteiger partial charge in [0, 0.05) is 11.1 Å². The Bertz CT molecular complexity index is 1380. The molecule has 4 aromatic rings. The number of ether oxygens (including phenoxy) is 5.